The van der Waals surface area contributed by atoms with Gasteiger partial charge in [0.05, 0.1) is 17.8 Å². The summed E-state index contributed by atoms with van der Waals surface area (Å²) in [5, 5.41) is 15.5. The second-order valence-corrected chi connectivity index (χ2v) is 4.99. The van der Waals surface area contributed by atoms with Gasteiger partial charge in [0.1, 0.15) is 0 Å². The van der Waals surface area contributed by atoms with Crippen LogP contribution in [-0.4, -0.2) is 23.3 Å². The summed E-state index contributed by atoms with van der Waals surface area (Å²) >= 11 is 0. The van der Waals surface area contributed by atoms with Crippen LogP contribution in [0.25, 0.3) is 0 Å². The molecule has 18 heavy (non-hydrogen) atoms. The average molecular weight is 241 g/mol. The van der Waals surface area contributed by atoms with Crippen LogP contribution in [-0.2, 0) is 0 Å². The summed E-state index contributed by atoms with van der Waals surface area (Å²) in [6, 6.07) is 10.7. The molecule has 1 fully saturated rings. The first kappa shape index (κ1) is 12.6. The Morgan fingerprint density at radius 1 is 1.22 bits per heavy atom. The maximum Gasteiger partial charge on any atom is 0.0991 e. The molecule has 0 N–H and O–H groups in total. The quantitative estimate of drug-likeness (QED) is 0.746. The van der Waals surface area contributed by atoms with E-state index in [0.29, 0.717) is 17.6 Å². The van der Waals surface area contributed by atoms with Crippen molar-refractivity contribution in [2.45, 2.75) is 45.2 Å². The first-order valence-electron chi connectivity index (χ1n) is 6.53. The van der Waals surface area contributed by atoms with Crippen molar-refractivity contribution >= 4 is 6.21 Å². The van der Waals surface area contributed by atoms with Crippen molar-refractivity contribution in [3.63, 3.8) is 0 Å². The Morgan fingerprint density at radius 2 is 1.83 bits per heavy atom. The van der Waals surface area contributed by atoms with Gasteiger partial charge in [-0.25, -0.2) is 0 Å². The van der Waals surface area contributed by atoms with E-state index in [-0.39, 0.29) is 0 Å². The van der Waals surface area contributed by atoms with Gasteiger partial charge in [-0.2, -0.15) is 10.4 Å². The Balaban J connectivity index is 2.07. The van der Waals surface area contributed by atoms with Crippen molar-refractivity contribution in [1.82, 2.24) is 5.01 Å². The summed E-state index contributed by atoms with van der Waals surface area (Å²) in [4.78, 5) is 0. The summed E-state index contributed by atoms with van der Waals surface area (Å²) in [5.41, 5.74) is 1.73. The molecule has 94 valence electrons. The molecule has 2 rings (SSSR count). The summed E-state index contributed by atoms with van der Waals surface area (Å²) < 4.78 is 0. The van der Waals surface area contributed by atoms with Gasteiger partial charge in [0.15, 0.2) is 0 Å². The van der Waals surface area contributed by atoms with E-state index >= 15 is 0 Å². The fourth-order valence-corrected chi connectivity index (χ4v) is 2.41. The number of benzene rings is 1. The molecule has 3 heteroatoms. The molecule has 0 saturated carbocycles. The largest absolute Gasteiger partial charge is 0.292 e. The third-order valence-electron chi connectivity index (χ3n) is 3.53. The van der Waals surface area contributed by atoms with Crippen LogP contribution in [0.15, 0.2) is 29.4 Å². The smallest absolute Gasteiger partial charge is 0.0991 e. The minimum atomic E-state index is 0.517. The summed E-state index contributed by atoms with van der Waals surface area (Å²) in [5.74, 6) is 0. The zero-order chi connectivity index (χ0) is 13.0. The fourth-order valence-electron chi connectivity index (χ4n) is 2.41. The highest BCUT2D eigenvalue weighted by atomic mass is 15.5. The third-order valence-corrected chi connectivity index (χ3v) is 3.53. The normalized spacial score (nSPS) is 24.2. The molecule has 1 saturated heterocycles. The number of hydrogen-bond acceptors (Lipinski definition) is 3. The molecule has 0 bridgehead atoms. The van der Waals surface area contributed by atoms with Crippen molar-refractivity contribution in [2.24, 2.45) is 5.10 Å². The lowest BCUT2D eigenvalue weighted by Crippen LogP contribution is -2.39. The van der Waals surface area contributed by atoms with Gasteiger partial charge in [-0.15, -0.1) is 0 Å². The topological polar surface area (TPSA) is 39.4 Å². The molecular formula is C15H19N3. The van der Waals surface area contributed by atoms with E-state index in [2.05, 4.69) is 30.0 Å². The van der Waals surface area contributed by atoms with E-state index < -0.39 is 0 Å². The van der Waals surface area contributed by atoms with Crippen molar-refractivity contribution in [2.75, 3.05) is 0 Å². The van der Waals surface area contributed by atoms with Crippen molar-refractivity contribution in [3.8, 4) is 6.07 Å². The molecule has 1 aromatic carbocycles. The van der Waals surface area contributed by atoms with Crippen molar-refractivity contribution < 1.29 is 0 Å². The van der Waals surface area contributed by atoms with E-state index in [1.807, 2.05) is 30.5 Å². The Morgan fingerprint density at radius 3 is 2.39 bits per heavy atom. The minimum Gasteiger partial charge on any atom is -0.292 e. The van der Waals surface area contributed by atoms with Crippen LogP contribution < -0.4 is 0 Å². The van der Waals surface area contributed by atoms with Crippen LogP contribution in [0.2, 0.25) is 0 Å². The van der Waals surface area contributed by atoms with Crippen LogP contribution in [0.1, 0.15) is 44.2 Å². The molecule has 0 aromatic heterocycles. The number of rotatable bonds is 2. The van der Waals surface area contributed by atoms with E-state index in [4.69, 9.17) is 5.26 Å². The lowest BCUT2D eigenvalue weighted by atomic mass is 10.00. The maximum absolute atomic E-state index is 8.74. The first-order chi connectivity index (χ1) is 8.70. The summed E-state index contributed by atoms with van der Waals surface area (Å²) in [6.45, 7) is 4.46. The molecule has 0 radical (unpaired) electrons. The standard InChI is InChI=1S/C15H19N3/c1-12-4-3-5-13(2)18(12)17-11-15-8-6-14(10-16)7-9-15/h6-9,11-13H,3-5H2,1-2H3/b17-11-/t12-,13-/m0/s1. The van der Waals surface area contributed by atoms with Crippen LogP contribution in [0.3, 0.4) is 0 Å². The highest BCUT2D eigenvalue weighted by Crippen LogP contribution is 2.22. The number of piperidine rings is 1. The van der Waals surface area contributed by atoms with Crippen molar-refractivity contribution in [1.29, 1.82) is 5.26 Å². The van der Waals surface area contributed by atoms with E-state index in [9.17, 15) is 0 Å². The monoisotopic (exact) mass is 241 g/mol. The number of nitrogens with zero attached hydrogens (tertiary/aromatic N) is 3. The van der Waals surface area contributed by atoms with Gasteiger partial charge in [-0.05, 0) is 50.8 Å². The minimum absolute atomic E-state index is 0.517. The van der Waals surface area contributed by atoms with Crippen LogP contribution in [0, 0.1) is 11.3 Å². The van der Waals surface area contributed by atoms with Crippen LogP contribution >= 0.6 is 0 Å². The predicted molar refractivity (Wildman–Crippen MR) is 73.4 cm³/mol. The molecule has 2 atom stereocenters. The predicted octanol–water partition coefficient (Wildman–Crippen LogP) is 3.16. The Kier molecular flexibility index (Phi) is 3.99. The third kappa shape index (κ3) is 2.89. The lowest BCUT2D eigenvalue weighted by molar-refractivity contribution is 0.109. The van der Waals surface area contributed by atoms with E-state index in [1.165, 1.54) is 19.3 Å². The van der Waals surface area contributed by atoms with Gasteiger partial charge in [-0.1, -0.05) is 12.1 Å². The van der Waals surface area contributed by atoms with Crippen molar-refractivity contribution in [3.05, 3.63) is 35.4 Å². The zero-order valence-electron chi connectivity index (χ0n) is 11.0. The maximum atomic E-state index is 8.74. The second-order valence-electron chi connectivity index (χ2n) is 4.99. The van der Waals surface area contributed by atoms with Gasteiger partial charge in [0, 0.05) is 12.1 Å². The fraction of sp³-hybridized carbons (Fsp3) is 0.467. The zero-order valence-corrected chi connectivity index (χ0v) is 11.0. The highest BCUT2D eigenvalue weighted by molar-refractivity contribution is 5.79. The molecule has 0 amide bonds. The molecule has 1 aliphatic rings. The Hall–Kier alpha value is -1.82. The SMILES string of the molecule is C[C@H]1CCC[C@H](C)N1/N=C\c1ccc(C#N)cc1. The van der Waals surface area contributed by atoms with E-state index in [1.54, 1.807) is 0 Å². The summed E-state index contributed by atoms with van der Waals surface area (Å²) in [6.07, 6.45) is 5.62. The molecule has 0 unspecified atom stereocenters. The number of nitriles is 1. The van der Waals surface area contributed by atoms with Gasteiger partial charge in [0.2, 0.25) is 0 Å². The van der Waals surface area contributed by atoms with Crippen LogP contribution in [0.4, 0.5) is 0 Å². The highest BCUT2D eigenvalue weighted by Gasteiger charge is 2.22. The second kappa shape index (κ2) is 5.68. The molecular weight excluding hydrogens is 222 g/mol. The Bertz CT molecular complexity index is 446. The van der Waals surface area contributed by atoms with Gasteiger partial charge in [-0.3, -0.25) is 5.01 Å². The molecule has 1 aliphatic heterocycles. The molecule has 0 spiro atoms. The first-order valence-corrected chi connectivity index (χ1v) is 6.53. The molecule has 1 aromatic rings. The van der Waals surface area contributed by atoms with Crippen LogP contribution in [0.5, 0.6) is 0 Å². The molecule has 1 heterocycles. The average Bonchev–Trinajstić information content (AvgIpc) is 2.39. The number of hydrogen-bond donors (Lipinski definition) is 0. The van der Waals surface area contributed by atoms with E-state index in [0.717, 1.165) is 5.56 Å². The summed E-state index contributed by atoms with van der Waals surface area (Å²) in [7, 11) is 0. The van der Waals surface area contributed by atoms with Gasteiger partial charge >= 0.3 is 0 Å². The van der Waals surface area contributed by atoms with Gasteiger partial charge in [0.25, 0.3) is 0 Å². The Labute approximate surface area is 109 Å². The van der Waals surface area contributed by atoms with Gasteiger partial charge < -0.3 is 0 Å². The molecule has 0 aliphatic carbocycles. The number of hydrazone groups is 1. The molecule has 3 nitrogen and oxygen atoms in total. The lowest BCUT2D eigenvalue weighted by Gasteiger charge is -2.36.